The molecule has 1 atom stereocenters. The molecule has 100 valence electrons. The van der Waals surface area contributed by atoms with Crippen molar-refractivity contribution < 1.29 is 0 Å². The van der Waals surface area contributed by atoms with Gasteiger partial charge in [-0.3, -0.25) is 5.32 Å². The number of benzene rings is 1. The van der Waals surface area contributed by atoms with Crippen molar-refractivity contribution in [1.82, 2.24) is 5.32 Å². The lowest BCUT2D eigenvalue weighted by Crippen LogP contribution is -2.52. The van der Waals surface area contributed by atoms with Gasteiger partial charge in [-0.05, 0) is 44.2 Å². The summed E-state index contributed by atoms with van der Waals surface area (Å²) in [5, 5.41) is 13.0. The summed E-state index contributed by atoms with van der Waals surface area (Å²) in [5.41, 5.74) is 2.29. The molecule has 1 heterocycles. The molecule has 0 saturated heterocycles. The Balaban J connectivity index is 1.77. The van der Waals surface area contributed by atoms with Crippen LogP contribution in [0.4, 0.5) is 5.69 Å². The Morgan fingerprint density at radius 1 is 1.42 bits per heavy atom. The van der Waals surface area contributed by atoms with Gasteiger partial charge in [0, 0.05) is 24.8 Å². The zero-order chi connectivity index (χ0) is 13.3. The van der Waals surface area contributed by atoms with E-state index in [2.05, 4.69) is 40.6 Å². The van der Waals surface area contributed by atoms with E-state index in [1.54, 1.807) is 0 Å². The van der Waals surface area contributed by atoms with Gasteiger partial charge in [0.25, 0.3) is 0 Å². The van der Waals surface area contributed by atoms with Crippen molar-refractivity contribution in [1.29, 1.82) is 5.26 Å². The summed E-state index contributed by atoms with van der Waals surface area (Å²) in [5.74, 6) is 0. The average Bonchev–Trinajstić information content (AvgIpc) is 3.23. The Labute approximate surface area is 115 Å². The van der Waals surface area contributed by atoms with Crippen molar-refractivity contribution in [3.63, 3.8) is 0 Å². The van der Waals surface area contributed by atoms with Crippen LogP contribution in [0.3, 0.4) is 0 Å². The third-order valence-corrected chi connectivity index (χ3v) is 4.06. The fraction of sp³-hybridized carbons (Fsp3) is 0.562. The van der Waals surface area contributed by atoms with Gasteiger partial charge in [0.05, 0.1) is 6.07 Å². The molecule has 1 aliphatic carbocycles. The Morgan fingerprint density at radius 3 is 2.95 bits per heavy atom. The second-order valence-corrected chi connectivity index (χ2v) is 6.02. The summed E-state index contributed by atoms with van der Waals surface area (Å²) < 4.78 is 0. The Hall–Kier alpha value is -1.53. The number of aryl methyl sites for hydroxylation is 1. The fourth-order valence-corrected chi connectivity index (χ4v) is 2.95. The first kappa shape index (κ1) is 12.5. The van der Waals surface area contributed by atoms with Gasteiger partial charge < -0.3 is 4.90 Å². The minimum absolute atomic E-state index is 0.439. The lowest BCUT2D eigenvalue weighted by atomic mass is 9.97. The number of hydrogen-bond donors (Lipinski definition) is 1. The van der Waals surface area contributed by atoms with E-state index in [-0.39, 0.29) is 0 Å². The van der Waals surface area contributed by atoms with Crippen LogP contribution < -0.4 is 10.2 Å². The average molecular weight is 255 g/mol. The van der Waals surface area contributed by atoms with E-state index in [0.717, 1.165) is 19.5 Å². The maximum Gasteiger partial charge on any atom is 0.121 e. The van der Waals surface area contributed by atoms with Gasteiger partial charge in [-0.2, -0.15) is 5.26 Å². The van der Waals surface area contributed by atoms with Crippen molar-refractivity contribution in [3.05, 3.63) is 29.8 Å². The van der Waals surface area contributed by atoms with Crippen LogP contribution >= 0.6 is 0 Å². The highest BCUT2D eigenvalue weighted by atomic mass is 15.2. The molecule has 0 spiro atoms. The van der Waals surface area contributed by atoms with E-state index in [1.165, 1.54) is 30.5 Å². The van der Waals surface area contributed by atoms with Crippen molar-refractivity contribution in [2.24, 2.45) is 0 Å². The summed E-state index contributed by atoms with van der Waals surface area (Å²) in [4.78, 5) is 2.37. The van der Waals surface area contributed by atoms with E-state index in [9.17, 15) is 5.26 Å². The van der Waals surface area contributed by atoms with Crippen LogP contribution in [0, 0.1) is 11.3 Å². The molecule has 0 amide bonds. The number of nitrogens with zero attached hydrogens (tertiary/aromatic N) is 2. The van der Waals surface area contributed by atoms with E-state index in [1.807, 2.05) is 6.92 Å². The van der Waals surface area contributed by atoms with Crippen LogP contribution in [-0.4, -0.2) is 24.7 Å². The molecule has 1 saturated carbocycles. The minimum Gasteiger partial charge on any atom is -0.368 e. The quantitative estimate of drug-likeness (QED) is 0.898. The number of nitriles is 1. The van der Waals surface area contributed by atoms with Gasteiger partial charge in [0.2, 0.25) is 0 Å². The molecule has 0 aromatic heterocycles. The highest BCUT2D eigenvalue weighted by molar-refractivity contribution is 5.56. The molecule has 0 bridgehead atoms. The zero-order valence-corrected chi connectivity index (χ0v) is 11.5. The van der Waals surface area contributed by atoms with E-state index in [0.29, 0.717) is 6.04 Å². The molecule has 0 radical (unpaired) electrons. The number of nitrogens with one attached hydrogen (secondary N) is 1. The third kappa shape index (κ3) is 2.74. The van der Waals surface area contributed by atoms with Crippen LogP contribution in [0.2, 0.25) is 0 Å². The van der Waals surface area contributed by atoms with Crippen molar-refractivity contribution >= 4 is 5.69 Å². The second kappa shape index (κ2) is 4.86. The van der Waals surface area contributed by atoms with Crippen molar-refractivity contribution in [3.8, 4) is 6.07 Å². The molecular formula is C16H21N3. The number of fused-ring (bicyclic) bond motifs is 1. The predicted molar refractivity (Wildman–Crippen MR) is 77.2 cm³/mol. The molecule has 1 N–H and O–H groups in total. The fourth-order valence-electron chi connectivity index (χ4n) is 2.95. The van der Waals surface area contributed by atoms with E-state index >= 15 is 0 Å². The predicted octanol–water partition coefficient (Wildman–Crippen LogP) is 2.47. The van der Waals surface area contributed by atoms with Gasteiger partial charge in [-0.25, -0.2) is 0 Å². The maximum absolute atomic E-state index is 9.50. The van der Waals surface area contributed by atoms with Gasteiger partial charge in [0.1, 0.15) is 5.54 Å². The van der Waals surface area contributed by atoms with Crippen molar-refractivity contribution in [2.45, 2.75) is 44.2 Å². The van der Waals surface area contributed by atoms with Crippen LogP contribution in [0.5, 0.6) is 0 Å². The lowest BCUT2D eigenvalue weighted by Gasteiger charge is -2.36. The normalized spacial score (nSPS) is 21.4. The molecule has 2 aliphatic rings. The molecule has 1 fully saturated rings. The number of hydrogen-bond acceptors (Lipinski definition) is 3. The molecule has 3 heteroatoms. The molecule has 3 nitrogen and oxygen atoms in total. The molecule has 1 aromatic rings. The van der Waals surface area contributed by atoms with Crippen LogP contribution in [-0.2, 0) is 6.42 Å². The second-order valence-electron chi connectivity index (χ2n) is 6.02. The lowest BCUT2D eigenvalue weighted by molar-refractivity contribution is 0.434. The topological polar surface area (TPSA) is 39.1 Å². The van der Waals surface area contributed by atoms with Gasteiger partial charge in [0.15, 0.2) is 0 Å². The SMILES string of the molecule is CC(C#N)(CN1CCCc2ccccc21)NC1CC1. The highest BCUT2D eigenvalue weighted by Crippen LogP contribution is 2.29. The molecule has 19 heavy (non-hydrogen) atoms. The van der Waals surface area contributed by atoms with E-state index in [4.69, 9.17) is 0 Å². The molecular weight excluding hydrogens is 234 g/mol. The first-order valence-electron chi connectivity index (χ1n) is 7.22. The van der Waals surface area contributed by atoms with Crippen LogP contribution in [0.25, 0.3) is 0 Å². The monoisotopic (exact) mass is 255 g/mol. The number of rotatable bonds is 4. The van der Waals surface area contributed by atoms with Crippen molar-refractivity contribution in [2.75, 3.05) is 18.0 Å². The van der Waals surface area contributed by atoms with E-state index < -0.39 is 5.54 Å². The third-order valence-electron chi connectivity index (χ3n) is 4.06. The molecule has 1 aliphatic heterocycles. The first-order valence-corrected chi connectivity index (χ1v) is 7.22. The number of anilines is 1. The minimum atomic E-state index is -0.439. The summed E-state index contributed by atoms with van der Waals surface area (Å²) in [6.07, 6.45) is 4.77. The molecule has 1 aromatic carbocycles. The summed E-state index contributed by atoms with van der Waals surface area (Å²) in [6.45, 7) is 3.86. The number of para-hydroxylation sites is 1. The standard InChI is InChI=1S/C16H21N3/c1-16(11-17,18-14-8-9-14)12-19-10-4-6-13-5-2-3-7-15(13)19/h2-3,5,7,14,18H,4,6,8-10,12H2,1H3. The first-order chi connectivity index (χ1) is 9.20. The zero-order valence-electron chi connectivity index (χ0n) is 11.5. The smallest absolute Gasteiger partial charge is 0.121 e. The van der Waals surface area contributed by atoms with Gasteiger partial charge in [-0.15, -0.1) is 0 Å². The van der Waals surface area contributed by atoms with Gasteiger partial charge >= 0.3 is 0 Å². The van der Waals surface area contributed by atoms with Crippen LogP contribution in [0.1, 0.15) is 31.7 Å². The summed E-state index contributed by atoms with van der Waals surface area (Å²) in [6, 6.07) is 11.6. The largest absolute Gasteiger partial charge is 0.368 e. The summed E-state index contributed by atoms with van der Waals surface area (Å²) >= 11 is 0. The highest BCUT2D eigenvalue weighted by Gasteiger charge is 2.34. The molecule has 1 unspecified atom stereocenters. The van der Waals surface area contributed by atoms with Crippen LogP contribution in [0.15, 0.2) is 24.3 Å². The van der Waals surface area contributed by atoms with Gasteiger partial charge in [-0.1, -0.05) is 18.2 Å². The Morgan fingerprint density at radius 2 is 2.21 bits per heavy atom. The maximum atomic E-state index is 9.50. The summed E-state index contributed by atoms with van der Waals surface area (Å²) in [7, 11) is 0. The Bertz CT molecular complexity index is 501. The Kier molecular flexibility index (Phi) is 3.20. The molecule has 3 rings (SSSR count).